The lowest BCUT2D eigenvalue weighted by molar-refractivity contribution is -0.117. The molecule has 3 aromatic rings. The number of rotatable bonds is 11. The minimum Gasteiger partial charge on any atom is -0.495 e. The maximum atomic E-state index is 12.4. The number of hydrogen-bond donors (Lipinski definition) is 2. The third kappa shape index (κ3) is 6.83. The number of amides is 1. The molecule has 0 spiro atoms. The van der Waals surface area contributed by atoms with Gasteiger partial charge >= 0.3 is 0 Å². The SMILES string of the molecule is CCN(CC(=O)Nc1ccccc1OC)CC(O)COc1ccc(-c2ccccc2)cc1. The Hall–Kier alpha value is -3.35. The Labute approximate surface area is 189 Å². The van der Waals surface area contributed by atoms with Gasteiger partial charge in [0.05, 0.1) is 19.3 Å². The van der Waals surface area contributed by atoms with Crippen LogP contribution in [-0.4, -0.2) is 55.4 Å². The van der Waals surface area contributed by atoms with Crippen molar-refractivity contribution in [2.75, 3.05) is 38.7 Å². The molecule has 1 atom stereocenters. The highest BCUT2D eigenvalue weighted by molar-refractivity contribution is 5.93. The smallest absolute Gasteiger partial charge is 0.238 e. The topological polar surface area (TPSA) is 71.0 Å². The number of aliphatic hydroxyl groups excluding tert-OH is 1. The van der Waals surface area contributed by atoms with E-state index in [9.17, 15) is 9.90 Å². The van der Waals surface area contributed by atoms with Crippen LogP contribution >= 0.6 is 0 Å². The fourth-order valence-electron chi connectivity index (χ4n) is 3.36. The van der Waals surface area contributed by atoms with Crippen molar-refractivity contribution in [1.82, 2.24) is 4.90 Å². The standard InChI is InChI=1S/C26H30N2O4/c1-3-28(18-26(30)27-24-11-7-8-12-25(24)31-2)17-22(29)19-32-23-15-13-21(14-16-23)20-9-5-4-6-10-20/h4-16,22,29H,3,17-19H2,1-2H3,(H,27,30). The normalized spacial score (nSPS) is 11.8. The number of aliphatic hydroxyl groups is 1. The zero-order chi connectivity index (χ0) is 22.8. The molecule has 0 aromatic heterocycles. The molecule has 3 aromatic carbocycles. The molecule has 3 rings (SSSR count). The summed E-state index contributed by atoms with van der Waals surface area (Å²) in [5.41, 5.74) is 2.87. The van der Waals surface area contributed by atoms with E-state index in [0.29, 0.717) is 30.3 Å². The van der Waals surface area contributed by atoms with Gasteiger partial charge in [-0.05, 0) is 41.9 Å². The molecule has 168 valence electrons. The van der Waals surface area contributed by atoms with Gasteiger partial charge in [0.15, 0.2) is 0 Å². The second-order valence-corrected chi connectivity index (χ2v) is 7.43. The van der Waals surface area contributed by atoms with Gasteiger partial charge in [0.2, 0.25) is 5.91 Å². The summed E-state index contributed by atoms with van der Waals surface area (Å²) in [7, 11) is 1.56. The summed E-state index contributed by atoms with van der Waals surface area (Å²) in [5, 5.41) is 13.3. The van der Waals surface area contributed by atoms with Crippen LogP contribution in [0.1, 0.15) is 6.92 Å². The molecule has 0 bridgehead atoms. The van der Waals surface area contributed by atoms with Gasteiger partial charge in [0.1, 0.15) is 24.2 Å². The van der Waals surface area contributed by atoms with Crippen LogP contribution in [0.2, 0.25) is 0 Å². The summed E-state index contributed by atoms with van der Waals surface area (Å²) in [5.74, 6) is 1.14. The monoisotopic (exact) mass is 434 g/mol. The number of nitrogens with zero attached hydrogens (tertiary/aromatic N) is 1. The number of methoxy groups -OCH3 is 1. The molecule has 0 aliphatic carbocycles. The lowest BCUT2D eigenvalue weighted by Crippen LogP contribution is -2.40. The lowest BCUT2D eigenvalue weighted by Gasteiger charge is -2.23. The minimum atomic E-state index is -0.720. The average molecular weight is 435 g/mol. The third-order valence-electron chi connectivity index (χ3n) is 5.07. The highest BCUT2D eigenvalue weighted by Gasteiger charge is 2.15. The fraction of sp³-hybridized carbons (Fsp3) is 0.269. The lowest BCUT2D eigenvalue weighted by atomic mass is 10.1. The number of anilines is 1. The van der Waals surface area contributed by atoms with E-state index in [1.807, 2.05) is 66.4 Å². The fourth-order valence-corrected chi connectivity index (χ4v) is 3.36. The molecular formula is C26H30N2O4. The van der Waals surface area contributed by atoms with Gasteiger partial charge in [-0.15, -0.1) is 0 Å². The zero-order valence-corrected chi connectivity index (χ0v) is 18.5. The van der Waals surface area contributed by atoms with E-state index in [-0.39, 0.29) is 19.1 Å². The Balaban J connectivity index is 1.46. The van der Waals surface area contributed by atoms with Crippen molar-refractivity contribution >= 4 is 11.6 Å². The predicted octanol–water partition coefficient (Wildman–Crippen LogP) is 4.06. The molecular weight excluding hydrogens is 404 g/mol. The summed E-state index contributed by atoms with van der Waals surface area (Å²) in [4.78, 5) is 14.3. The van der Waals surface area contributed by atoms with Crippen molar-refractivity contribution in [2.45, 2.75) is 13.0 Å². The number of para-hydroxylation sites is 2. The molecule has 0 aliphatic rings. The van der Waals surface area contributed by atoms with Crippen molar-refractivity contribution in [3.8, 4) is 22.6 Å². The van der Waals surface area contributed by atoms with Gasteiger partial charge < -0.3 is 19.9 Å². The summed E-state index contributed by atoms with van der Waals surface area (Å²) >= 11 is 0. The molecule has 0 saturated heterocycles. The Bertz CT molecular complexity index is 977. The molecule has 2 N–H and O–H groups in total. The van der Waals surface area contributed by atoms with E-state index < -0.39 is 6.10 Å². The number of likely N-dealkylation sites (N-methyl/N-ethyl adjacent to an activating group) is 1. The predicted molar refractivity (Wildman–Crippen MR) is 127 cm³/mol. The first kappa shape index (κ1) is 23.3. The summed E-state index contributed by atoms with van der Waals surface area (Å²) < 4.78 is 11.0. The Kier molecular flexibility index (Phi) is 8.66. The Morgan fingerprint density at radius 3 is 2.31 bits per heavy atom. The van der Waals surface area contributed by atoms with Gasteiger partial charge in [-0.2, -0.15) is 0 Å². The van der Waals surface area contributed by atoms with Crippen molar-refractivity contribution in [3.05, 3.63) is 78.9 Å². The molecule has 0 aliphatic heterocycles. The van der Waals surface area contributed by atoms with E-state index in [1.54, 1.807) is 19.2 Å². The number of carbonyl (C=O) groups excluding carboxylic acids is 1. The van der Waals surface area contributed by atoms with Crippen LogP contribution in [0.3, 0.4) is 0 Å². The molecule has 0 fully saturated rings. The van der Waals surface area contributed by atoms with Crippen LogP contribution in [0, 0.1) is 0 Å². The molecule has 1 unspecified atom stereocenters. The van der Waals surface area contributed by atoms with Crippen molar-refractivity contribution in [1.29, 1.82) is 0 Å². The molecule has 1 amide bonds. The molecule has 6 heteroatoms. The van der Waals surface area contributed by atoms with Gasteiger partial charge in [0, 0.05) is 6.54 Å². The third-order valence-corrected chi connectivity index (χ3v) is 5.07. The van der Waals surface area contributed by atoms with Crippen LogP contribution in [0.15, 0.2) is 78.9 Å². The van der Waals surface area contributed by atoms with Crippen LogP contribution in [-0.2, 0) is 4.79 Å². The highest BCUT2D eigenvalue weighted by atomic mass is 16.5. The zero-order valence-electron chi connectivity index (χ0n) is 18.5. The second-order valence-electron chi connectivity index (χ2n) is 7.43. The van der Waals surface area contributed by atoms with Gasteiger partial charge in [-0.25, -0.2) is 0 Å². The molecule has 0 saturated carbocycles. The van der Waals surface area contributed by atoms with E-state index >= 15 is 0 Å². The van der Waals surface area contributed by atoms with Crippen molar-refractivity contribution in [2.24, 2.45) is 0 Å². The van der Waals surface area contributed by atoms with Crippen molar-refractivity contribution in [3.63, 3.8) is 0 Å². The summed E-state index contributed by atoms with van der Waals surface area (Å²) in [6.07, 6.45) is -0.720. The number of hydrogen-bond acceptors (Lipinski definition) is 5. The molecule has 32 heavy (non-hydrogen) atoms. The van der Waals surface area contributed by atoms with E-state index in [2.05, 4.69) is 17.4 Å². The van der Waals surface area contributed by atoms with Gasteiger partial charge in [0.25, 0.3) is 0 Å². The van der Waals surface area contributed by atoms with Crippen LogP contribution in [0.25, 0.3) is 11.1 Å². The molecule has 0 radical (unpaired) electrons. The van der Waals surface area contributed by atoms with Crippen LogP contribution in [0.5, 0.6) is 11.5 Å². The van der Waals surface area contributed by atoms with Crippen LogP contribution < -0.4 is 14.8 Å². The Morgan fingerprint density at radius 1 is 0.969 bits per heavy atom. The summed E-state index contributed by atoms with van der Waals surface area (Å²) in [6.45, 7) is 3.22. The van der Waals surface area contributed by atoms with E-state index in [4.69, 9.17) is 9.47 Å². The first-order valence-corrected chi connectivity index (χ1v) is 10.7. The largest absolute Gasteiger partial charge is 0.495 e. The number of ether oxygens (including phenoxy) is 2. The summed E-state index contributed by atoms with van der Waals surface area (Å²) in [6, 6.07) is 25.2. The number of carbonyl (C=O) groups is 1. The first-order chi connectivity index (χ1) is 15.6. The second kappa shape index (κ2) is 11.9. The molecule has 6 nitrogen and oxygen atoms in total. The minimum absolute atomic E-state index is 0.148. The highest BCUT2D eigenvalue weighted by Crippen LogP contribution is 2.23. The van der Waals surface area contributed by atoms with E-state index in [1.165, 1.54) is 0 Å². The van der Waals surface area contributed by atoms with E-state index in [0.717, 1.165) is 11.1 Å². The van der Waals surface area contributed by atoms with Crippen molar-refractivity contribution < 1.29 is 19.4 Å². The molecule has 0 heterocycles. The number of benzene rings is 3. The van der Waals surface area contributed by atoms with Gasteiger partial charge in [-0.1, -0.05) is 61.5 Å². The first-order valence-electron chi connectivity index (χ1n) is 10.7. The number of nitrogens with one attached hydrogen (secondary N) is 1. The Morgan fingerprint density at radius 2 is 1.62 bits per heavy atom. The van der Waals surface area contributed by atoms with Crippen LogP contribution in [0.4, 0.5) is 5.69 Å². The average Bonchev–Trinajstić information content (AvgIpc) is 2.83. The quantitative estimate of drug-likeness (QED) is 0.476. The maximum absolute atomic E-state index is 12.4. The van der Waals surface area contributed by atoms with Gasteiger partial charge in [-0.3, -0.25) is 9.69 Å². The maximum Gasteiger partial charge on any atom is 0.238 e.